The lowest BCUT2D eigenvalue weighted by Crippen LogP contribution is -2.29. The Hall–Kier alpha value is -0.730. The van der Waals surface area contributed by atoms with Gasteiger partial charge in [0, 0.05) is 6.04 Å². The summed E-state index contributed by atoms with van der Waals surface area (Å²) in [6, 6.07) is 6.40. The molecule has 1 aromatic carbocycles. The number of hydrogen-bond donors (Lipinski definition) is 1. The first kappa shape index (κ1) is 13.3. The van der Waals surface area contributed by atoms with Crippen LogP contribution in [0.25, 0.3) is 0 Å². The molecular formula is C13H20ClNO. The summed E-state index contributed by atoms with van der Waals surface area (Å²) < 4.78 is 5.68. The highest BCUT2D eigenvalue weighted by Gasteiger charge is 2.28. The van der Waals surface area contributed by atoms with Gasteiger partial charge in [0.2, 0.25) is 0 Å². The van der Waals surface area contributed by atoms with E-state index in [1.165, 1.54) is 24.0 Å². The van der Waals surface area contributed by atoms with E-state index in [-0.39, 0.29) is 18.4 Å². The third-order valence-corrected chi connectivity index (χ3v) is 3.15. The maximum Gasteiger partial charge on any atom is 0.119 e. The second-order valence-corrected chi connectivity index (χ2v) is 4.56. The molecule has 2 nitrogen and oxygen atoms in total. The van der Waals surface area contributed by atoms with Gasteiger partial charge in [0.15, 0.2) is 0 Å². The monoisotopic (exact) mass is 241 g/mol. The summed E-state index contributed by atoms with van der Waals surface area (Å²) in [5.41, 5.74) is 8.54. The minimum Gasteiger partial charge on any atom is -0.492 e. The Labute approximate surface area is 104 Å². The maximum absolute atomic E-state index is 5.97. The van der Waals surface area contributed by atoms with Crippen molar-refractivity contribution in [3.8, 4) is 5.75 Å². The summed E-state index contributed by atoms with van der Waals surface area (Å²) in [5, 5.41) is 0. The zero-order valence-electron chi connectivity index (χ0n) is 9.90. The van der Waals surface area contributed by atoms with Crippen molar-refractivity contribution in [1.29, 1.82) is 0 Å². The van der Waals surface area contributed by atoms with Gasteiger partial charge in [-0.1, -0.05) is 6.07 Å². The maximum atomic E-state index is 5.97. The Kier molecular flexibility index (Phi) is 4.63. The summed E-state index contributed by atoms with van der Waals surface area (Å²) in [6.07, 6.45) is 2.55. The van der Waals surface area contributed by atoms with E-state index in [1.54, 1.807) is 0 Å². The summed E-state index contributed by atoms with van der Waals surface area (Å²) in [5.74, 6) is 1.64. The van der Waals surface area contributed by atoms with Gasteiger partial charge in [-0.3, -0.25) is 0 Å². The molecule has 3 heteroatoms. The normalized spacial score (nSPS) is 16.4. The van der Waals surface area contributed by atoms with Crippen LogP contribution in [-0.4, -0.2) is 12.6 Å². The van der Waals surface area contributed by atoms with E-state index >= 15 is 0 Å². The highest BCUT2D eigenvalue weighted by Crippen LogP contribution is 2.31. The summed E-state index contributed by atoms with van der Waals surface area (Å²) in [7, 11) is 0. The van der Waals surface area contributed by atoms with Gasteiger partial charge in [-0.15, -0.1) is 12.4 Å². The molecule has 90 valence electrons. The van der Waals surface area contributed by atoms with E-state index < -0.39 is 0 Å². The summed E-state index contributed by atoms with van der Waals surface area (Å²) in [4.78, 5) is 0. The zero-order valence-corrected chi connectivity index (χ0v) is 10.7. The largest absolute Gasteiger partial charge is 0.492 e. The molecule has 1 fully saturated rings. The Morgan fingerprint density at radius 3 is 2.56 bits per heavy atom. The first-order valence-corrected chi connectivity index (χ1v) is 5.62. The second kappa shape index (κ2) is 5.55. The molecule has 0 spiro atoms. The lowest BCUT2D eigenvalue weighted by molar-refractivity contribution is 0.276. The van der Waals surface area contributed by atoms with E-state index in [1.807, 2.05) is 6.07 Å². The van der Waals surface area contributed by atoms with Gasteiger partial charge in [0.1, 0.15) is 12.4 Å². The van der Waals surface area contributed by atoms with Gasteiger partial charge >= 0.3 is 0 Å². The van der Waals surface area contributed by atoms with E-state index in [0.29, 0.717) is 12.5 Å². The van der Waals surface area contributed by atoms with Gasteiger partial charge in [0.05, 0.1) is 0 Å². The molecule has 1 unspecified atom stereocenters. The molecule has 0 aliphatic heterocycles. The van der Waals surface area contributed by atoms with Crippen LogP contribution in [0.2, 0.25) is 0 Å². The number of nitrogens with two attached hydrogens (primary N) is 1. The molecule has 0 saturated heterocycles. The Morgan fingerprint density at radius 1 is 1.31 bits per heavy atom. The van der Waals surface area contributed by atoms with E-state index in [2.05, 4.69) is 26.0 Å². The molecule has 1 aliphatic rings. The fourth-order valence-corrected chi connectivity index (χ4v) is 1.66. The molecule has 0 radical (unpaired) electrons. The molecule has 0 aromatic heterocycles. The molecule has 2 rings (SSSR count). The van der Waals surface area contributed by atoms with Gasteiger partial charge in [-0.2, -0.15) is 0 Å². The van der Waals surface area contributed by atoms with Crippen LogP contribution >= 0.6 is 12.4 Å². The average Bonchev–Trinajstić information content (AvgIpc) is 3.03. The smallest absolute Gasteiger partial charge is 0.119 e. The number of ether oxygens (including phenoxy) is 1. The van der Waals surface area contributed by atoms with Crippen LogP contribution in [0.3, 0.4) is 0 Å². The molecule has 0 heterocycles. The molecule has 0 bridgehead atoms. The van der Waals surface area contributed by atoms with Gasteiger partial charge in [-0.25, -0.2) is 0 Å². The Balaban J connectivity index is 0.00000128. The zero-order chi connectivity index (χ0) is 10.8. The lowest BCUT2D eigenvalue weighted by atomic mass is 10.1. The van der Waals surface area contributed by atoms with Crippen molar-refractivity contribution >= 4 is 12.4 Å². The summed E-state index contributed by atoms with van der Waals surface area (Å²) >= 11 is 0. The van der Waals surface area contributed by atoms with Gasteiger partial charge < -0.3 is 10.5 Å². The molecule has 16 heavy (non-hydrogen) atoms. The first-order chi connectivity index (χ1) is 7.16. The Bertz CT molecular complexity index is 350. The third kappa shape index (κ3) is 3.39. The van der Waals surface area contributed by atoms with Crippen molar-refractivity contribution in [2.24, 2.45) is 11.7 Å². The first-order valence-electron chi connectivity index (χ1n) is 5.62. The lowest BCUT2D eigenvalue weighted by Gasteiger charge is -2.13. The third-order valence-electron chi connectivity index (χ3n) is 3.15. The molecule has 1 aliphatic carbocycles. The highest BCUT2D eigenvalue weighted by molar-refractivity contribution is 5.85. The quantitative estimate of drug-likeness (QED) is 0.880. The van der Waals surface area contributed by atoms with E-state index in [9.17, 15) is 0 Å². The number of hydrogen-bond acceptors (Lipinski definition) is 2. The second-order valence-electron chi connectivity index (χ2n) is 4.56. The van der Waals surface area contributed by atoms with Crippen molar-refractivity contribution in [1.82, 2.24) is 0 Å². The SMILES string of the molecule is Cc1ccc(OCC(N)C2CC2)cc1C.Cl. The standard InChI is InChI=1S/C13H19NO.ClH/c1-9-3-6-12(7-10(9)2)15-8-13(14)11-4-5-11;/h3,6-7,11,13H,4-5,8,14H2,1-2H3;1H. The van der Waals surface area contributed by atoms with E-state index in [0.717, 1.165) is 5.75 Å². The summed E-state index contributed by atoms with van der Waals surface area (Å²) in [6.45, 7) is 4.85. The van der Waals surface area contributed by atoms with Crippen LogP contribution < -0.4 is 10.5 Å². The average molecular weight is 242 g/mol. The predicted molar refractivity (Wildman–Crippen MR) is 69.4 cm³/mol. The van der Waals surface area contributed by atoms with Crippen LogP contribution in [0.5, 0.6) is 5.75 Å². The number of benzene rings is 1. The van der Waals surface area contributed by atoms with Gasteiger partial charge in [0.25, 0.3) is 0 Å². The fourth-order valence-electron chi connectivity index (χ4n) is 1.66. The van der Waals surface area contributed by atoms with E-state index in [4.69, 9.17) is 10.5 Å². The highest BCUT2D eigenvalue weighted by atomic mass is 35.5. The van der Waals surface area contributed by atoms with Crippen molar-refractivity contribution in [3.63, 3.8) is 0 Å². The molecule has 2 N–H and O–H groups in total. The van der Waals surface area contributed by atoms with Gasteiger partial charge in [-0.05, 0) is 55.9 Å². The van der Waals surface area contributed by atoms with Crippen LogP contribution in [-0.2, 0) is 0 Å². The topological polar surface area (TPSA) is 35.2 Å². The molecule has 1 aromatic rings. The van der Waals surface area contributed by atoms with Crippen LogP contribution in [0.1, 0.15) is 24.0 Å². The number of rotatable bonds is 4. The predicted octanol–water partition coefficient (Wildman–Crippen LogP) is 2.84. The number of aryl methyl sites for hydroxylation is 2. The minimum atomic E-state index is 0. The minimum absolute atomic E-state index is 0. The van der Waals surface area contributed by atoms with Crippen molar-refractivity contribution in [2.75, 3.05) is 6.61 Å². The Morgan fingerprint density at radius 2 is 2.00 bits per heavy atom. The van der Waals surface area contributed by atoms with Crippen molar-refractivity contribution in [3.05, 3.63) is 29.3 Å². The van der Waals surface area contributed by atoms with Crippen LogP contribution in [0.15, 0.2) is 18.2 Å². The van der Waals surface area contributed by atoms with Crippen molar-refractivity contribution in [2.45, 2.75) is 32.7 Å². The van der Waals surface area contributed by atoms with Crippen LogP contribution in [0, 0.1) is 19.8 Å². The van der Waals surface area contributed by atoms with Crippen LogP contribution in [0.4, 0.5) is 0 Å². The number of halogens is 1. The molecular weight excluding hydrogens is 222 g/mol. The molecule has 0 amide bonds. The molecule has 1 atom stereocenters. The molecule has 1 saturated carbocycles. The van der Waals surface area contributed by atoms with Crippen molar-refractivity contribution < 1.29 is 4.74 Å². The fraction of sp³-hybridized carbons (Fsp3) is 0.538.